The molecule has 0 saturated carbocycles. The fraction of sp³-hybridized carbons (Fsp3) is 0.0526. The lowest BCUT2D eigenvalue weighted by Gasteiger charge is -2.22. The van der Waals surface area contributed by atoms with Crippen molar-refractivity contribution in [3.05, 3.63) is 82.9 Å². The minimum Gasteiger partial charge on any atom is -0.606 e. The summed E-state index contributed by atoms with van der Waals surface area (Å²) in [6, 6.07) is 22.0. The van der Waals surface area contributed by atoms with Crippen LogP contribution in [0, 0.1) is 0 Å². The molecule has 3 heteroatoms. The van der Waals surface area contributed by atoms with Crippen molar-refractivity contribution in [3.8, 4) is 11.1 Å². The predicted octanol–water partition coefficient (Wildman–Crippen LogP) is 5.08. The standard InChI is InChI=1S/C19H13ClOS/c20-17-7-9-19-16(12-17)11-15-10-14(6-8-18(15)22(19)21)13-4-2-1-3-5-13/h1-10,12H,11H2. The molecule has 22 heavy (non-hydrogen) atoms. The molecule has 3 aromatic carbocycles. The molecule has 0 fully saturated rings. The Kier molecular flexibility index (Phi) is 3.45. The van der Waals surface area contributed by atoms with Crippen LogP contribution >= 0.6 is 11.6 Å². The molecule has 0 spiro atoms. The molecule has 1 unspecified atom stereocenters. The zero-order chi connectivity index (χ0) is 15.1. The summed E-state index contributed by atoms with van der Waals surface area (Å²) >= 11 is 4.96. The highest BCUT2D eigenvalue weighted by Crippen LogP contribution is 2.37. The molecule has 0 aliphatic carbocycles. The molecule has 1 nitrogen and oxygen atoms in total. The van der Waals surface area contributed by atoms with Gasteiger partial charge in [0.25, 0.3) is 0 Å². The Morgan fingerprint density at radius 3 is 2.23 bits per heavy atom. The summed E-state index contributed by atoms with van der Waals surface area (Å²) in [5.41, 5.74) is 4.51. The largest absolute Gasteiger partial charge is 0.606 e. The first kappa shape index (κ1) is 13.9. The Hall–Kier alpha value is -1.74. The lowest BCUT2D eigenvalue weighted by atomic mass is 9.98. The van der Waals surface area contributed by atoms with E-state index in [0.29, 0.717) is 5.02 Å². The molecule has 3 aromatic rings. The molecular formula is C19H13ClOS. The van der Waals surface area contributed by atoms with E-state index in [1.165, 1.54) is 5.56 Å². The fourth-order valence-corrected chi connectivity index (χ4v) is 4.45. The van der Waals surface area contributed by atoms with Crippen LogP contribution in [-0.2, 0) is 17.6 Å². The lowest BCUT2D eigenvalue weighted by molar-refractivity contribution is 0.590. The van der Waals surface area contributed by atoms with Crippen LogP contribution in [0.3, 0.4) is 0 Å². The lowest BCUT2D eigenvalue weighted by Crippen LogP contribution is -2.14. The number of benzene rings is 3. The van der Waals surface area contributed by atoms with Gasteiger partial charge in [0.2, 0.25) is 0 Å². The number of hydrogen-bond acceptors (Lipinski definition) is 1. The van der Waals surface area contributed by atoms with Crippen LogP contribution in [0.15, 0.2) is 76.5 Å². The Labute approximate surface area is 137 Å². The Balaban J connectivity index is 1.81. The van der Waals surface area contributed by atoms with Gasteiger partial charge in [0, 0.05) is 33.7 Å². The minimum absolute atomic E-state index is 0.693. The molecular weight excluding hydrogens is 312 g/mol. The number of halogens is 1. The van der Waals surface area contributed by atoms with Gasteiger partial charge in [-0.1, -0.05) is 41.9 Å². The molecule has 1 aliphatic heterocycles. The molecule has 1 atom stereocenters. The van der Waals surface area contributed by atoms with Crippen molar-refractivity contribution in [3.63, 3.8) is 0 Å². The third-order valence-corrected chi connectivity index (χ3v) is 5.80. The molecule has 108 valence electrons. The Bertz CT molecular complexity index is 845. The van der Waals surface area contributed by atoms with Crippen molar-refractivity contribution >= 4 is 22.8 Å². The van der Waals surface area contributed by atoms with E-state index in [1.54, 1.807) is 0 Å². The van der Waals surface area contributed by atoms with E-state index >= 15 is 0 Å². The maximum absolute atomic E-state index is 12.7. The monoisotopic (exact) mass is 324 g/mol. The summed E-state index contributed by atoms with van der Waals surface area (Å²) in [6.45, 7) is 0. The smallest absolute Gasteiger partial charge is 0.162 e. The third kappa shape index (κ3) is 2.34. The molecule has 0 amide bonds. The second-order valence-electron chi connectivity index (χ2n) is 5.39. The molecule has 4 rings (SSSR count). The van der Waals surface area contributed by atoms with Crippen molar-refractivity contribution < 1.29 is 4.55 Å². The van der Waals surface area contributed by atoms with Crippen LogP contribution < -0.4 is 0 Å². The maximum atomic E-state index is 12.7. The SMILES string of the molecule is [O-][S+]1c2ccc(Cl)cc2Cc2cc(-c3ccccc3)ccc21. The van der Waals surface area contributed by atoms with Gasteiger partial charge >= 0.3 is 0 Å². The first-order valence-corrected chi connectivity index (χ1v) is 8.64. The highest BCUT2D eigenvalue weighted by Gasteiger charge is 2.28. The van der Waals surface area contributed by atoms with Gasteiger partial charge in [-0.25, -0.2) is 0 Å². The first-order valence-electron chi connectivity index (χ1n) is 7.11. The molecule has 0 bridgehead atoms. The predicted molar refractivity (Wildman–Crippen MR) is 90.8 cm³/mol. The molecule has 1 aliphatic rings. The summed E-state index contributed by atoms with van der Waals surface area (Å²) in [7, 11) is 0. The van der Waals surface area contributed by atoms with E-state index in [9.17, 15) is 4.55 Å². The van der Waals surface area contributed by atoms with E-state index in [0.717, 1.165) is 32.9 Å². The minimum atomic E-state index is -1.12. The van der Waals surface area contributed by atoms with Gasteiger partial charge in [0.1, 0.15) is 0 Å². The Morgan fingerprint density at radius 1 is 0.773 bits per heavy atom. The van der Waals surface area contributed by atoms with E-state index in [2.05, 4.69) is 18.2 Å². The van der Waals surface area contributed by atoms with Crippen LogP contribution in [0.5, 0.6) is 0 Å². The average molecular weight is 325 g/mol. The normalized spacial score (nSPS) is 16.0. The maximum Gasteiger partial charge on any atom is 0.162 e. The van der Waals surface area contributed by atoms with Crippen LogP contribution in [-0.4, -0.2) is 4.55 Å². The zero-order valence-electron chi connectivity index (χ0n) is 11.8. The van der Waals surface area contributed by atoms with Gasteiger partial charge in [0.15, 0.2) is 9.79 Å². The van der Waals surface area contributed by atoms with Crippen LogP contribution in [0.4, 0.5) is 0 Å². The van der Waals surface area contributed by atoms with Gasteiger partial charge < -0.3 is 4.55 Å². The van der Waals surface area contributed by atoms with Crippen molar-refractivity contribution in [2.24, 2.45) is 0 Å². The van der Waals surface area contributed by atoms with Crippen molar-refractivity contribution in [2.75, 3.05) is 0 Å². The van der Waals surface area contributed by atoms with E-state index in [1.807, 2.05) is 48.5 Å². The van der Waals surface area contributed by atoms with E-state index in [4.69, 9.17) is 11.6 Å². The molecule has 0 N–H and O–H groups in total. The van der Waals surface area contributed by atoms with Gasteiger partial charge in [-0.05, 0) is 47.5 Å². The second kappa shape index (κ2) is 5.47. The number of fused-ring (bicyclic) bond motifs is 2. The van der Waals surface area contributed by atoms with Gasteiger partial charge in [-0.15, -0.1) is 0 Å². The average Bonchev–Trinajstić information content (AvgIpc) is 2.55. The van der Waals surface area contributed by atoms with Crippen LogP contribution in [0.2, 0.25) is 5.02 Å². The van der Waals surface area contributed by atoms with Crippen molar-refractivity contribution in [1.29, 1.82) is 0 Å². The molecule has 0 aromatic heterocycles. The highest BCUT2D eigenvalue weighted by atomic mass is 35.5. The molecule has 1 heterocycles. The Morgan fingerprint density at radius 2 is 1.45 bits per heavy atom. The van der Waals surface area contributed by atoms with Crippen molar-refractivity contribution in [2.45, 2.75) is 16.2 Å². The van der Waals surface area contributed by atoms with Crippen molar-refractivity contribution in [1.82, 2.24) is 0 Å². The van der Waals surface area contributed by atoms with Crippen LogP contribution in [0.1, 0.15) is 11.1 Å². The zero-order valence-corrected chi connectivity index (χ0v) is 13.3. The molecule has 0 saturated heterocycles. The fourth-order valence-electron chi connectivity index (χ4n) is 2.90. The summed E-state index contributed by atoms with van der Waals surface area (Å²) in [6.07, 6.45) is 0.775. The highest BCUT2D eigenvalue weighted by molar-refractivity contribution is 7.91. The summed E-state index contributed by atoms with van der Waals surface area (Å²) in [5, 5.41) is 0.693. The van der Waals surface area contributed by atoms with Crippen LogP contribution in [0.25, 0.3) is 11.1 Å². The van der Waals surface area contributed by atoms with Gasteiger partial charge in [-0.3, -0.25) is 0 Å². The summed E-state index contributed by atoms with van der Waals surface area (Å²) in [5.74, 6) is 0. The van der Waals surface area contributed by atoms with E-state index in [-0.39, 0.29) is 0 Å². The second-order valence-corrected chi connectivity index (χ2v) is 7.24. The quantitative estimate of drug-likeness (QED) is 0.572. The number of hydrogen-bond donors (Lipinski definition) is 0. The molecule has 0 radical (unpaired) electrons. The van der Waals surface area contributed by atoms with Gasteiger partial charge in [-0.2, -0.15) is 0 Å². The van der Waals surface area contributed by atoms with E-state index < -0.39 is 11.2 Å². The summed E-state index contributed by atoms with van der Waals surface area (Å²) < 4.78 is 12.7. The number of rotatable bonds is 1. The third-order valence-electron chi connectivity index (χ3n) is 3.97. The first-order chi connectivity index (χ1) is 10.7. The summed E-state index contributed by atoms with van der Waals surface area (Å²) in [4.78, 5) is 1.79. The topological polar surface area (TPSA) is 23.1 Å². The van der Waals surface area contributed by atoms with Gasteiger partial charge in [0.05, 0.1) is 0 Å².